The first kappa shape index (κ1) is 12.5. The molecule has 0 saturated heterocycles. The number of nitrogens with one attached hydrogen (secondary N) is 1. The molecular weight excluding hydrogens is 256 g/mol. The number of rotatable bonds is 2. The van der Waals surface area contributed by atoms with E-state index in [1.165, 1.54) is 0 Å². The first-order chi connectivity index (χ1) is 9.54. The number of phenolic OH excluding ortho intramolecular Hbond substituents is 1. The molecule has 0 aliphatic heterocycles. The fourth-order valence-electron chi connectivity index (χ4n) is 2.17. The van der Waals surface area contributed by atoms with Crippen molar-refractivity contribution in [2.45, 2.75) is 20.0 Å². The number of fused-ring (bicyclic) bond motifs is 3. The highest BCUT2D eigenvalue weighted by molar-refractivity contribution is 6.09. The molecule has 0 spiro atoms. The van der Waals surface area contributed by atoms with Crippen LogP contribution in [0.3, 0.4) is 0 Å². The average molecular weight is 270 g/mol. The van der Waals surface area contributed by atoms with Gasteiger partial charge in [0.15, 0.2) is 0 Å². The fraction of sp³-hybridized carbons (Fsp3) is 0.200. The number of carbonyl (C=O) groups excluding carboxylic acids is 1. The molecule has 0 bridgehead atoms. The van der Waals surface area contributed by atoms with Gasteiger partial charge in [-0.05, 0) is 38.1 Å². The summed E-state index contributed by atoms with van der Waals surface area (Å²) in [6.07, 6.45) is 1.41. The topological polar surface area (TPSA) is 75.2 Å². The first-order valence-electron chi connectivity index (χ1n) is 6.36. The van der Waals surface area contributed by atoms with Crippen LogP contribution in [0.4, 0.5) is 0 Å². The highest BCUT2D eigenvalue weighted by atomic mass is 16.5. The maximum absolute atomic E-state index is 11.9. The molecule has 0 atom stereocenters. The third kappa shape index (κ3) is 2.07. The van der Waals surface area contributed by atoms with Gasteiger partial charge in [-0.3, -0.25) is 0 Å². The van der Waals surface area contributed by atoms with Crippen LogP contribution in [-0.4, -0.2) is 27.1 Å². The molecule has 0 radical (unpaired) electrons. The van der Waals surface area contributed by atoms with Gasteiger partial charge in [-0.1, -0.05) is 0 Å². The molecule has 0 fully saturated rings. The van der Waals surface area contributed by atoms with Gasteiger partial charge in [0.2, 0.25) is 0 Å². The number of pyridine rings is 1. The predicted molar refractivity (Wildman–Crippen MR) is 75.8 cm³/mol. The molecule has 20 heavy (non-hydrogen) atoms. The van der Waals surface area contributed by atoms with E-state index in [2.05, 4.69) is 9.97 Å². The van der Waals surface area contributed by atoms with Crippen LogP contribution in [0.2, 0.25) is 0 Å². The molecule has 5 heteroatoms. The molecule has 0 aliphatic carbocycles. The summed E-state index contributed by atoms with van der Waals surface area (Å²) >= 11 is 0. The number of benzene rings is 1. The van der Waals surface area contributed by atoms with E-state index in [1.54, 1.807) is 44.3 Å². The summed E-state index contributed by atoms with van der Waals surface area (Å²) in [5.74, 6) is -0.266. The molecular formula is C15H14N2O3. The monoisotopic (exact) mass is 270 g/mol. The number of hydrogen-bond donors (Lipinski definition) is 2. The molecule has 5 nitrogen and oxygen atoms in total. The average Bonchev–Trinajstić information content (AvgIpc) is 2.75. The molecule has 0 unspecified atom stereocenters. The van der Waals surface area contributed by atoms with Crippen LogP contribution in [0.5, 0.6) is 5.75 Å². The molecule has 3 aromatic rings. The Morgan fingerprint density at radius 1 is 1.25 bits per heavy atom. The lowest BCUT2D eigenvalue weighted by Gasteiger charge is -2.06. The Bertz CT molecular complexity index is 805. The fourth-order valence-corrected chi connectivity index (χ4v) is 2.17. The zero-order chi connectivity index (χ0) is 14.3. The molecule has 2 N–H and O–H groups in total. The second-order valence-corrected chi connectivity index (χ2v) is 4.92. The van der Waals surface area contributed by atoms with Crippen LogP contribution in [0.1, 0.15) is 24.3 Å². The third-order valence-electron chi connectivity index (χ3n) is 3.02. The quantitative estimate of drug-likeness (QED) is 0.702. The number of aromatic amines is 1. The van der Waals surface area contributed by atoms with Crippen LogP contribution in [0.15, 0.2) is 30.5 Å². The zero-order valence-corrected chi connectivity index (χ0v) is 11.2. The van der Waals surface area contributed by atoms with Crippen molar-refractivity contribution in [1.82, 2.24) is 9.97 Å². The lowest BCUT2D eigenvalue weighted by atomic mass is 10.1. The minimum atomic E-state index is -0.448. The van der Waals surface area contributed by atoms with E-state index < -0.39 is 5.97 Å². The largest absolute Gasteiger partial charge is 0.508 e. The van der Waals surface area contributed by atoms with E-state index >= 15 is 0 Å². The van der Waals surface area contributed by atoms with Gasteiger partial charge in [0.05, 0.1) is 17.8 Å². The summed E-state index contributed by atoms with van der Waals surface area (Å²) in [4.78, 5) is 19.2. The minimum absolute atomic E-state index is 0.182. The molecule has 0 amide bonds. The summed E-state index contributed by atoms with van der Waals surface area (Å²) < 4.78 is 5.14. The summed E-state index contributed by atoms with van der Waals surface area (Å²) in [6, 6.07) is 6.74. The SMILES string of the molecule is CC(C)OC(=O)c1cc2c(cn1)[nH]c1ccc(O)cc12. The van der Waals surface area contributed by atoms with Crippen molar-refractivity contribution in [2.75, 3.05) is 0 Å². The van der Waals surface area contributed by atoms with Gasteiger partial charge in [-0.25, -0.2) is 9.78 Å². The van der Waals surface area contributed by atoms with Gasteiger partial charge in [0, 0.05) is 16.3 Å². The van der Waals surface area contributed by atoms with E-state index in [0.717, 1.165) is 21.8 Å². The Labute approximate surface area is 115 Å². The van der Waals surface area contributed by atoms with E-state index in [0.29, 0.717) is 0 Å². The number of hydrogen-bond acceptors (Lipinski definition) is 4. The molecule has 2 heterocycles. The number of nitrogens with zero attached hydrogens (tertiary/aromatic N) is 1. The molecule has 3 rings (SSSR count). The number of H-pyrrole nitrogens is 1. The number of aromatic hydroxyl groups is 1. The third-order valence-corrected chi connectivity index (χ3v) is 3.02. The van der Waals surface area contributed by atoms with Gasteiger partial charge in [0.1, 0.15) is 11.4 Å². The van der Waals surface area contributed by atoms with Crippen LogP contribution in [0, 0.1) is 0 Å². The first-order valence-corrected chi connectivity index (χ1v) is 6.36. The number of phenols is 1. The Hall–Kier alpha value is -2.56. The van der Waals surface area contributed by atoms with Crippen molar-refractivity contribution in [3.8, 4) is 5.75 Å². The Balaban J connectivity index is 2.16. The van der Waals surface area contributed by atoms with Crippen molar-refractivity contribution in [1.29, 1.82) is 0 Å². The van der Waals surface area contributed by atoms with Gasteiger partial charge < -0.3 is 14.8 Å². The predicted octanol–water partition coefficient (Wildman–Crippen LogP) is 2.99. The zero-order valence-electron chi connectivity index (χ0n) is 11.2. The lowest BCUT2D eigenvalue weighted by molar-refractivity contribution is 0.0371. The molecule has 0 aliphatic rings. The minimum Gasteiger partial charge on any atom is -0.508 e. The number of esters is 1. The Morgan fingerprint density at radius 3 is 2.75 bits per heavy atom. The van der Waals surface area contributed by atoms with Gasteiger partial charge >= 0.3 is 5.97 Å². The Kier molecular flexibility index (Phi) is 2.82. The van der Waals surface area contributed by atoms with E-state index in [1.807, 2.05) is 0 Å². The standard InChI is InChI=1S/C15H14N2O3/c1-8(2)20-15(19)13-6-11-10-5-9(18)3-4-12(10)17-14(11)7-16-13/h3-8,17-18H,1-2H3. The van der Waals surface area contributed by atoms with E-state index in [-0.39, 0.29) is 17.5 Å². The van der Waals surface area contributed by atoms with Crippen LogP contribution in [-0.2, 0) is 4.74 Å². The van der Waals surface area contributed by atoms with Crippen molar-refractivity contribution >= 4 is 27.8 Å². The highest BCUT2D eigenvalue weighted by Crippen LogP contribution is 2.28. The normalized spacial score (nSPS) is 11.3. The maximum Gasteiger partial charge on any atom is 0.357 e. The number of aromatic nitrogens is 2. The molecule has 102 valence electrons. The second kappa shape index (κ2) is 4.52. The lowest BCUT2D eigenvalue weighted by Crippen LogP contribution is -2.12. The van der Waals surface area contributed by atoms with Crippen LogP contribution in [0.25, 0.3) is 21.8 Å². The van der Waals surface area contributed by atoms with E-state index in [9.17, 15) is 9.90 Å². The van der Waals surface area contributed by atoms with Gasteiger partial charge in [-0.2, -0.15) is 0 Å². The van der Waals surface area contributed by atoms with Crippen molar-refractivity contribution < 1.29 is 14.6 Å². The summed E-state index contributed by atoms with van der Waals surface area (Å²) in [5.41, 5.74) is 1.95. The second-order valence-electron chi connectivity index (χ2n) is 4.92. The summed E-state index contributed by atoms with van der Waals surface area (Å²) in [5, 5.41) is 11.3. The number of carbonyl (C=O) groups is 1. The molecule has 0 saturated carbocycles. The van der Waals surface area contributed by atoms with Crippen molar-refractivity contribution in [3.63, 3.8) is 0 Å². The van der Waals surface area contributed by atoms with Crippen molar-refractivity contribution in [3.05, 3.63) is 36.2 Å². The summed E-state index contributed by atoms with van der Waals surface area (Å²) in [6.45, 7) is 3.58. The van der Waals surface area contributed by atoms with Gasteiger partial charge in [-0.15, -0.1) is 0 Å². The smallest absolute Gasteiger partial charge is 0.357 e. The van der Waals surface area contributed by atoms with Gasteiger partial charge in [0.25, 0.3) is 0 Å². The van der Waals surface area contributed by atoms with Crippen LogP contribution >= 0.6 is 0 Å². The maximum atomic E-state index is 11.9. The number of ether oxygens (including phenoxy) is 1. The highest BCUT2D eigenvalue weighted by Gasteiger charge is 2.13. The van der Waals surface area contributed by atoms with E-state index in [4.69, 9.17) is 4.74 Å². The summed E-state index contributed by atoms with van der Waals surface area (Å²) in [7, 11) is 0. The molecule has 1 aromatic carbocycles. The van der Waals surface area contributed by atoms with Crippen molar-refractivity contribution in [2.24, 2.45) is 0 Å². The Morgan fingerprint density at radius 2 is 2.00 bits per heavy atom. The molecule has 2 aromatic heterocycles. The van der Waals surface area contributed by atoms with Crippen LogP contribution < -0.4 is 0 Å².